The highest BCUT2D eigenvalue weighted by molar-refractivity contribution is 5.78. The number of halogens is 1. The molecule has 0 aliphatic heterocycles. The van der Waals surface area contributed by atoms with Gasteiger partial charge in [-0.1, -0.05) is 12.1 Å². The molecule has 0 aliphatic rings. The van der Waals surface area contributed by atoms with E-state index in [1.807, 2.05) is 0 Å². The molecule has 3 rings (SSSR count). The standard InChI is InChI=1S/C15H12FN3O3/c1-21-9-19-14(12-6-7-17-8-18-12)13(15(20)22-19)10-2-4-11(16)5-3-10/h2-8H,9H2,1H3. The van der Waals surface area contributed by atoms with Crippen LogP contribution in [-0.2, 0) is 11.5 Å². The van der Waals surface area contributed by atoms with Crippen LogP contribution in [0.1, 0.15) is 0 Å². The van der Waals surface area contributed by atoms with E-state index in [9.17, 15) is 9.18 Å². The van der Waals surface area contributed by atoms with Crippen molar-refractivity contribution in [3.8, 4) is 22.5 Å². The van der Waals surface area contributed by atoms with Crippen LogP contribution in [-0.4, -0.2) is 21.8 Å². The fourth-order valence-electron chi connectivity index (χ4n) is 2.18. The summed E-state index contributed by atoms with van der Waals surface area (Å²) in [6.45, 7) is 0.0514. The van der Waals surface area contributed by atoms with Gasteiger partial charge in [-0.3, -0.25) is 0 Å². The van der Waals surface area contributed by atoms with Crippen molar-refractivity contribution in [1.29, 1.82) is 0 Å². The lowest BCUT2D eigenvalue weighted by Gasteiger charge is -2.06. The van der Waals surface area contributed by atoms with E-state index in [2.05, 4.69) is 9.97 Å². The molecule has 0 amide bonds. The maximum absolute atomic E-state index is 13.1. The van der Waals surface area contributed by atoms with Crippen LogP contribution >= 0.6 is 0 Å². The molecule has 3 aromatic rings. The number of hydrogen-bond donors (Lipinski definition) is 0. The third-order valence-electron chi connectivity index (χ3n) is 3.09. The minimum Gasteiger partial charge on any atom is -0.361 e. The van der Waals surface area contributed by atoms with Crippen molar-refractivity contribution in [2.75, 3.05) is 7.11 Å². The quantitative estimate of drug-likeness (QED) is 0.739. The molecular weight excluding hydrogens is 289 g/mol. The van der Waals surface area contributed by atoms with Gasteiger partial charge >= 0.3 is 5.63 Å². The molecule has 2 heterocycles. The Bertz CT molecular complexity index is 825. The first kappa shape index (κ1) is 14.2. The number of methoxy groups -OCH3 is 1. The largest absolute Gasteiger partial charge is 0.366 e. The summed E-state index contributed by atoms with van der Waals surface area (Å²) in [5.74, 6) is -0.381. The van der Waals surface area contributed by atoms with E-state index in [-0.39, 0.29) is 12.5 Å². The van der Waals surface area contributed by atoms with Gasteiger partial charge in [0.1, 0.15) is 17.8 Å². The lowest BCUT2D eigenvalue weighted by Crippen LogP contribution is -2.02. The lowest BCUT2D eigenvalue weighted by molar-refractivity contribution is 0.0602. The van der Waals surface area contributed by atoms with E-state index in [1.54, 1.807) is 12.3 Å². The summed E-state index contributed by atoms with van der Waals surface area (Å²) < 4.78 is 24.7. The van der Waals surface area contributed by atoms with Crippen LogP contribution in [0.25, 0.3) is 22.5 Å². The van der Waals surface area contributed by atoms with E-state index in [0.29, 0.717) is 22.5 Å². The van der Waals surface area contributed by atoms with Gasteiger partial charge in [-0.25, -0.2) is 19.2 Å². The van der Waals surface area contributed by atoms with E-state index in [4.69, 9.17) is 9.26 Å². The molecule has 1 aromatic carbocycles. The van der Waals surface area contributed by atoms with E-state index in [0.717, 1.165) is 0 Å². The molecule has 2 aromatic heterocycles. The van der Waals surface area contributed by atoms with Crippen molar-refractivity contribution in [3.05, 3.63) is 59.1 Å². The van der Waals surface area contributed by atoms with Crippen LogP contribution in [0.15, 0.2) is 52.2 Å². The monoisotopic (exact) mass is 301 g/mol. The Hall–Kier alpha value is -2.80. The minimum atomic E-state index is -0.544. The second kappa shape index (κ2) is 5.90. The fraction of sp³-hybridized carbons (Fsp3) is 0.133. The summed E-state index contributed by atoms with van der Waals surface area (Å²) in [5.41, 5.74) is 1.27. The minimum absolute atomic E-state index is 0.0514. The molecule has 0 radical (unpaired) electrons. The Morgan fingerprint density at radius 1 is 1.27 bits per heavy atom. The first-order valence-electron chi connectivity index (χ1n) is 6.46. The summed E-state index contributed by atoms with van der Waals surface area (Å²) in [7, 11) is 1.49. The first-order valence-corrected chi connectivity index (χ1v) is 6.46. The zero-order valence-corrected chi connectivity index (χ0v) is 11.7. The molecule has 0 unspecified atom stereocenters. The molecule has 7 heteroatoms. The highest BCUT2D eigenvalue weighted by Crippen LogP contribution is 2.29. The lowest BCUT2D eigenvalue weighted by atomic mass is 10.0. The summed E-state index contributed by atoms with van der Waals surface area (Å²) in [4.78, 5) is 20.2. The zero-order valence-electron chi connectivity index (χ0n) is 11.7. The predicted octanol–water partition coefficient (Wildman–Crippen LogP) is 2.31. The third kappa shape index (κ3) is 2.53. The average molecular weight is 301 g/mol. The second-order valence-electron chi connectivity index (χ2n) is 4.50. The summed E-state index contributed by atoms with van der Waals surface area (Å²) in [5, 5.41) is 0. The molecule has 0 fully saturated rings. The van der Waals surface area contributed by atoms with Crippen LogP contribution in [0.2, 0.25) is 0 Å². The Labute approximate surface area is 124 Å². The SMILES string of the molecule is COCn1oc(=O)c(-c2ccc(F)cc2)c1-c1ccncn1. The smallest absolute Gasteiger partial charge is 0.361 e. The van der Waals surface area contributed by atoms with Gasteiger partial charge in [0.05, 0.1) is 11.3 Å². The van der Waals surface area contributed by atoms with Crippen molar-refractivity contribution < 1.29 is 13.7 Å². The number of rotatable bonds is 4. The molecular formula is C15H12FN3O3. The van der Waals surface area contributed by atoms with Crippen LogP contribution in [0.5, 0.6) is 0 Å². The van der Waals surface area contributed by atoms with Crippen LogP contribution in [0.4, 0.5) is 4.39 Å². The first-order chi connectivity index (χ1) is 10.7. The number of benzene rings is 1. The van der Waals surface area contributed by atoms with Crippen molar-refractivity contribution in [1.82, 2.24) is 14.7 Å². The van der Waals surface area contributed by atoms with Gasteiger partial charge in [-0.05, 0) is 23.8 Å². The molecule has 0 atom stereocenters. The third-order valence-corrected chi connectivity index (χ3v) is 3.09. The van der Waals surface area contributed by atoms with Gasteiger partial charge in [0, 0.05) is 13.3 Å². The van der Waals surface area contributed by atoms with Gasteiger partial charge < -0.3 is 9.26 Å². The maximum atomic E-state index is 13.1. The molecule has 22 heavy (non-hydrogen) atoms. The van der Waals surface area contributed by atoms with Gasteiger partial charge in [0.25, 0.3) is 0 Å². The Kier molecular flexibility index (Phi) is 3.80. The number of hydrogen-bond acceptors (Lipinski definition) is 5. The van der Waals surface area contributed by atoms with Crippen LogP contribution < -0.4 is 5.63 Å². The number of aromatic nitrogens is 3. The maximum Gasteiger partial charge on any atom is 0.366 e. The Balaban J connectivity index is 2.25. The second-order valence-corrected chi connectivity index (χ2v) is 4.50. The van der Waals surface area contributed by atoms with E-state index < -0.39 is 5.63 Å². The van der Waals surface area contributed by atoms with E-state index >= 15 is 0 Å². The van der Waals surface area contributed by atoms with Crippen molar-refractivity contribution in [2.45, 2.75) is 6.73 Å². The molecule has 0 saturated heterocycles. The molecule has 0 bridgehead atoms. The molecule has 0 spiro atoms. The summed E-state index contributed by atoms with van der Waals surface area (Å²) in [6, 6.07) is 7.26. The zero-order chi connectivity index (χ0) is 15.5. The van der Waals surface area contributed by atoms with Gasteiger partial charge in [0.15, 0.2) is 6.73 Å². The van der Waals surface area contributed by atoms with Crippen molar-refractivity contribution >= 4 is 0 Å². The highest BCUT2D eigenvalue weighted by Gasteiger charge is 2.21. The topological polar surface area (TPSA) is 70.2 Å². The molecule has 0 saturated carbocycles. The number of ether oxygens (including phenoxy) is 1. The van der Waals surface area contributed by atoms with Gasteiger partial charge in [-0.15, -0.1) is 0 Å². The van der Waals surface area contributed by atoms with E-state index in [1.165, 1.54) is 42.4 Å². The van der Waals surface area contributed by atoms with Crippen molar-refractivity contribution in [3.63, 3.8) is 0 Å². The van der Waals surface area contributed by atoms with Crippen molar-refractivity contribution in [2.24, 2.45) is 0 Å². The molecule has 0 N–H and O–H groups in total. The van der Waals surface area contributed by atoms with Crippen LogP contribution in [0.3, 0.4) is 0 Å². The average Bonchev–Trinajstić information content (AvgIpc) is 2.86. The molecule has 0 aliphatic carbocycles. The summed E-state index contributed by atoms with van der Waals surface area (Å²) in [6.07, 6.45) is 2.93. The number of nitrogens with zero attached hydrogens (tertiary/aromatic N) is 3. The predicted molar refractivity (Wildman–Crippen MR) is 76.4 cm³/mol. The highest BCUT2D eigenvalue weighted by atomic mass is 19.1. The summed E-state index contributed by atoms with van der Waals surface area (Å²) >= 11 is 0. The van der Waals surface area contributed by atoms with Crippen LogP contribution in [0, 0.1) is 5.82 Å². The Morgan fingerprint density at radius 3 is 2.68 bits per heavy atom. The normalized spacial score (nSPS) is 10.8. The molecule has 6 nitrogen and oxygen atoms in total. The Morgan fingerprint density at radius 2 is 2.05 bits per heavy atom. The fourth-order valence-corrected chi connectivity index (χ4v) is 2.18. The van der Waals surface area contributed by atoms with Gasteiger partial charge in [-0.2, -0.15) is 4.74 Å². The molecule has 112 valence electrons. The van der Waals surface area contributed by atoms with Gasteiger partial charge in [0.2, 0.25) is 0 Å².